The molecular formula is C18H23BN2O4. The summed E-state index contributed by atoms with van der Waals surface area (Å²) in [5.41, 5.74) is 1.21. The van der Waals surface area contributed by atoms with Gasteiger partial charge in [0.25, 0.3) is 5.56 Å². The van der Waals surface area contributed by atoms with Crippen LogP contribution in [0.25, 0.3) is 11.1 Å². The molecule has 25 heavy (non-hydrogen) atoms. The fraction of sp³-hybridized carbons (Fsp3) is 0.444. The van der Waals surface area contributed by atoms with Crippen molar-refractivity contribution in [1.29, 1.82) is 0 Å². The van der Waals surface area contributed by atoms with E-state index in [-0.39, 0.29) is 17.9 Å². The van der Waals surface area contributed by atoms with Gasteiger partial charge in [-0.3, -0.25) is 19.4 Å². The Morgan fingerprint density at radius 3 is 2.20 bits per heavy atom. The first-order valence-electron chi connectivity index (χ1n) is 8.34. The number of benzene rings is 1. The Morgan fingerprint density at radius 1 is 1.12 bits per heavy atom. The molecular weight excluding hydrogens is 319 g/mol. The highest BCUT2D eigenvalue weighted by Gasteiger charge is 2.51. The molecule has 1 aromatic heterocycles. The van der Waals surface area contributed by atoms with E-state index in [0.717, 1.165) is 11.0 Å². The molecule has 0 saturated carbocycles. The van der Waals surface area contributed by atoms with E-state index in [9.17, 15) is 9.59 Å². The van der Waals surface area contributed by atoms with Crippen molar-refractivity contribution in [2.75, 3.05) is 0 Å². The summed E-state index contributed by atoms with van der Waals surface area (Å²) in [4.78, 5) is 23.3. The molecule has 3 rings (SSSR count). The van der Waals surface area contributed by atoms with Crippen LogP contribution in [0.4, 0.5) is 0 Å². The summed E-state index contributed by atoms with van der Waals surface area (Å²) in [6, 6.07) is 7.53. The van der Waals surface area contributed by atoms with Gasteiger partial charge in [0.2, 0.25) is 0 Å². The number of ketones is 1. The van der Waals surface area contributed by atoms with Gasteiger partial charge in [-0.2, -0.15) is 0 Å². The van der Waals surface area contributed by atoms with Crippen molar-refractivity contribution in [3.63, 3.8) is 0 Å². The third-order valence-electron chi connectivity index (χ3n) is 4.91. The summed E-state index contributed by atoms with van der Waals surface area (Å²) >= 11 is 0. The SMILES string of the molecule is CC(=O)Cn1cc(-c2ccc(B3OC(C)(C)C(C)(C)O3)cc2)c(=O)[nH]1. The summed E-state index contributed by atoms with van der Waals surface area (Å²) < 4.78 is 13.6. The Hall–Kier alpha value is -2.12. The van der Waals surface area contributed by atoms with Gasteiger partial charge >= 0.3 is 7.12 Å². The molecule has 2 aromatic rings. The van der Waals surface area contributed by atoms with E-state index in [1.807, 2.05) is 52.0 Å². The van der Waals surface area contributed by atoms with Gasteiger partial charge in [-0.1, -0.05) is 24.3 Å². The van der Waals surface area contributed by atoms with Gasteiger partial charge in [-0.15, -0.1) is 0 Å². The fourth-order valence-electron chi connectivity index (χ4n) is 2.77. The predicted molar refractivity (Wildman–Crippen MR) is 96.9 cm³/mol. The van der Waals surface area contributed by atoms with Crippen molar-refractivity contribution in [3.8, 4) is 11.1 Å². The molecule has 1 aromatic carbocycles. The van der Waals surface area contributed by atoms with Crippen LogP contribution in [0.1, 0.15) is 34.6 Å². The van der Waals surface area contributed by atoms with E-state index in [1.165, 1.54) is 11.6 Å². The second kappa shape index (κ2) is 6.00. The molecule has 1 saturated heterocycles. The summed E-state index contributed by atoms with van der Waals surface area (Å²) in [5.74, 6) is -0.0195. The van der Waals surface area contributed by atoms with Crippen LogP contribution in [-0.2, 0) is 20.6 Å². The van der Waals surface area contributed by atoms with Crippen molar-refractivity contribution >= 4 is 18.4 Å². The van der Waals surface area contributed by atoms with Gasteiger partial charge in [0, 0.05) is 6.20 Å². The topological polar surface area (TPSA) is 73.3 Å². The lowest BCUT2D eigenvalue weighted by Gasteiger charge is -2.32. The second-order valence-electron chi connectivity index (χ2n) is 7.52. The lowest BCUT2D eigenvalue weighted by atomic mass is 9.78. The number of carbonyl (C=O) groups excluding carboxylic acids is 1. The smallest absolute Gasteiger partial charge is 0.399 e. The average Bonchev–Trinajstić information content (AvgIpc) is 2.95. The minimum Gasteiger partial charge on any atom is -0.399 e. The van der Waals surface area contributed by atoms with Crippen LogP contribution in [0, 0.1) is 0 Å². The highest BCUT2D eigenvalue weighted by Crippen LogP contribution is 2.36. The van der Waals surface area contributed by atoms with Crippen LogP contribution in [0.5, 0.6) is 0 Å². The van der Waals surface area contributed by atoms with E-state index >= 15 is 0 Å². The number of nitrogens with zero attached hydrogens (tertiary/aromatic N) is 1. The van der Waals surface area contributed by atoms with Gasteiger partial charge in [-0.05, 0) is 45.6 Å². The molecule has 0 bridgehead atoms. The third-order valence-corrected chi connectivity index (χ3v) is 4.91. The molecule has 0 spiro atoms. The standard InChI is InChI=1S/C18H23BN2O4/c1-12(22)10-21-11-15(16(23)20-21)13-6-8-14(9-7-13)19-24-17(2,3)18(4,5)25-19/h6-9,11H,10H2,1-5H3,(H,20,23). The van der Waals surface area contributed by atoms with E-state index in [0.29, 0.717) is 5.56 Å². The number of hydrogen-bond acceptors (Lipinski definition) is 4. The lowest BCUT2D eigenvalue weighted by molar-refractivity contribution is -0.117. The van der Waals surface area contributed by atoms with E-state index < -0.39 is 18.3 Å². The van der Waals surface area contributed by atoms with Crippen molar-refractivity contribution in [1.82, 2.24) is 9.78 Å². The summed E-state index contributed by atoms with van der Waals surface area (Å²) in [6.07, 6.45) is 1.66. The van der Waals surface area contributed by atoms with Crippen molar-refractivity contribution in [2.24, 2.45) is 0 Å². The average molecular weight is 342 g/mol. The van der Waals surface area contributed by atoms with Crippen LogP contribution in [0.15, 0.2) is 35.3 Å². The number of H-pyrrole nitrogens is 1. The van der Waals surface area contributed by atoms with Gasteiger partial charge in [0.15, 0.2) is 5.78 Å². The van der Waals surface area contributed by atoms with Crippen LogP contribution < -0.4 is 11.0 Å². The van der Waals surface area contributed by atoms with Crippen LogP contribution in [0.2, 0.25) is 0 Å². The zero-order valence-electron chi connectivity index (χ0n) is 15.3. The van der Waals surface area contributed by atoms with Crippen molar-refractivity contribution in [3.05, 3.63) is 40.8 Å². The molecule has 1 aliphatic rings. The molecule has 0 amide bonds. The van der Waals surface area contributed by atoms with E-state index in [2.05, 4.69) is 5.10 Å². The fourth-order valence-corrected chi connectivity index (χ4v) is 2.77. The number of carbonyl (C=O) groups is 1. The van der Waals surface area contributed by atoms with Crippen LogP contribution >= 0.6 is 0 Å². The summed E-state index contributed by atoms with van der Waals surface area (Å²) in [5, 5.41) is 2.66. The lowest BCUT2D eigenvalue weighted by Crippen LogP contribution is -2.41. The number of nitrogens with one attached hydrogen (secondary N) is 1. The Bertz CT molecular complexity index is 833. The second-order valence-corrected chi connectivity index (χ2v) is 7.52. The number of aromatic amines is 1. The normalized spacial score (nSPS) is 18.5. The maximum atomic E-state index is 12.1. The number of rotatable bonds is 4. The summed E-state index contributed by atoms with van der Waals surface area (Å²) in [6.45, 7) is 9.69. The Kier molecular flexibility index (Phi) is 4.25. The Balaban J connectivity index is 1.83. The van der Waals surface area contributed by atoms with E-state index in [4.69, 9.17) is 9.31 Å². The summed E-state index contributed by atoms with van der Waals surface area (Å²) in [7, 11) is -0.431. The minimum atomic E-state index is -0.431. The molecule has 6 nitrogen and oxygen atoms in total. The maximum Gasteiger partial charge on any atom is 0.494 e. The third kappa shape index (κ3) is 3.34. The molecule has 0 radical (unpaired) electrons. The first kappa shape index (κ1) is 17.7. The first-order chi connectivity index (χ1) is 11.6. The van der Waals surface area contributed by atoms with Gasteiger partial charge in [-0.25, -0.2) is 0 Å². The number of hydrogen-bond donors (Lipinski definition) is 1. The molecule has 1 fully saturated rings. The molecule has 7 heteroatoms. The number of aromatic nitrogens is 2. The van der Waals surface area contributed by atoms with E-state index in [1.54, 1.807) is 6.20 Å². The predicted octanol–water partition coefficient (Wildman–Crippen LogP) is 1.73. The molecule has 132 valence electrons. The Labute approximate surface area is 147 Å². The molecule has 0 aliphatic carbocycles. The quantitative estimate of drug-likeness (QED) is 0.859. The zero-order chi connectivity index (χ0) is 18.4. The highest BCUT2D eigenvalue weighted by molar-refractivity contribution is 6.62. The van der Waals surface area contributed by atoms with Crippen LogP contribution in [-0.4, -0.2) is 33.9 Å². The molecule has 0 atom stereocenters. The monoisotopic (exact) mass is 342 g/mol. The number of Topliss-reactive ketones (excluding diaryl/α,β-unsaturated/α-hetero) is 1. The minimum absolute atomic E-state index is 0.0195. The van der Waals surface area contributed by atoms with Gasteiger partial charge in [0.05, 0.1) is 23.3 Å². The van der Waals surface area contributed by atoms with Crippen molar-refractivity contribution < 1.29 is 14.1 Å². The highest BCUT2D eigenvalue weighted by atomic mass is 16.7. The largest absolute Gasteiger partial charge is 0.494 e. The van der Waals surface area contributed by atoms with Gasteiger partial charge < -0.3 is 9.31 Å². The maximum absolute atomic E-state index is 12.1. The Morgan fingerprint density at radius 2 is 1.68 bits per heavy atom. The van der Waals surface area contributed by atoms with Gasteiger partial charge in [0.1, 0.15) is 0 Å². The van der Waals surface area contributed by atoms with Crippen LogP contribution in [0.3, 0.4) is 0 Å². The zero-order valence-corrected chi connectivity index (χ0v) is 15.3. The first-order valence-corrected chi connectivity index (χ1v) is 8.34. The molecule has 2 heterocycles. The molecule has 0 unspecified atom stereocenters. The molecule has 1 N–H and O–H groups in total. The van der Waals surface area contributed by atoms with Crippen molar-refractivity contribution in [2.45, 2.75) is 52.4 Å². The molecule has 1 aliphatic heterocycles.